The molecule has 0 aliphatic heterocycles. The van der Waals surface area contributed by atoms with E-state index in [4.69, 9.17) is 4.74 Å². The van der Waals surface area contributed by atoms with Gasteiger partial charge in [-0.3, -0.25) is 9.59 Å². The van der Waals surface area contributed by atoms with Gasteiger partial charge in [0.05, 0.1) is 0 Å². The largest absolute Gasteiger partial charge is 0.462 e. The highest BCUT2D eigenvalue weighted by Crippen LogP contribution is 2.05. The van der Waals surface area contributed by atoms with Gasteiger partial charge < -0.3 is 4.74 Å². The molecule has 15 heavy (non-hydrogen) atoms. The molecule has 0 bridgehead atoms. The fraction of sp³-hybridized carbons (Fsp3) is 0.167. The SMILES string of the molecule is CC(=O)OC/C=C/c1cccc(C=O)c1. The maximum absolute atomic E-state index is 10.5. The monoisotopic (exact) mass is 204 g/mol. The number of ether oxygens (including phenoxy) is 1. The van der Waals surface area contributed by atoms with E-state index < -0.39 is 0 Å². The summed E-state index contributed by atoms with van der Waals surface area (Å²) in [5.74, 6) is -0.304. The zero-order valence-corrected chi connectivity index (χ0v) is 8.47. The summed E-state index contributed by atoms with van der Waals surface area (Å²) < 4.78 is 4.72. The second kappa shape index (κ2) is 5.75. The van der Waals surface area contributed by atoms with Crippen LogP contribution in [0.2, 0.25) is 0 Å². The summed E-state index contributed by atoms with van der Waals surface area (Å²) in [6, 6.07) is 7.17. The van der Waals surface area contributed by atoms with Gasteiger partial charge in [-0.2, -0.15) is 0 Å². The van der Waals surface area contributed by atoms with Gasteiger partial charge >= 0.3 is 5.97 Å². The van der Waals surface area contributed by atoms with Gasteiger partial charge in [0.2, 0.25) is 0 Å². The Kier molecular flexibility index (Phi) is 4.29. The zero-order chi connectivity index (χ0) is 11.1. The van der Waals surface area contributed by atoms with E-state index in [1.54, 1.807) is 30.4 Å². The Balaban J connectivity index is 2.56. The Labute approximate surface area is 88.4 Å². The quantitative estimate of drug-likeness (QED) is 0.557. The Morgan fingerprint density at radius 3 is 2.80 bits per heavy atom. The minimum Gasteiger partial charge on any atom is -0.462 e. The third-order valence-electron chi connectivity index (χ3n) is 1.74. The van der Waals surface area contributed by atoms with Crippen LogP contribution in [0, 0.1) is 0 Å². The molecule has 0 N–H and O–H groups in total. The van der Waals surface area contributed by atoms with Crippen molar-refractivity contribution in [2.45, 2.75) is 6.92 Å². The second-order valence-electron chi connectivity index (χ2n) is 2.99. The van der Waals surface area contributed by atoms with Gasteiger partial charge in [-0.05, 0) is 17.7 Å². The van der Waals surface area contributed by atoms with Gasteiger partial charge in [0.15, 0.2) is 0 Å². The number of hydrogen-bond acceptors (Lipinski definition) is 3. The molecule has 0 aliphatic carbocycles. The van der Waals surface area contributed by atoms with Crippen LogP contribution >= 0.6 is 0 Å². The van der Waals surface area contributed by atoms with E-state index in [1.165, 1.54) is 6.92 Å². The molecule has 0 fully saturated rings. The molecule has 0 saturated heterocycles. The lowest BCUT2D eigenvalue weighted by atomic mass is 10.1. The van der Waals surface area contributed by atoms with E-state index in [9.17, 15) is 9.59 Å². The van der Waals surface area contributed by atoms with E-state index in [0.29, 0.717) is 5.56 Å². The van der Waals surface area contributed by atoms with E-state index in [2.05, 4.69) is 0 Å². The second-order valence-corrected chi connectivity index (χ2v) is 2.99. The number of rotatable bonds is 4. The van der Waals surface area contributed by atoms with Crippen molar-refractivity contribution in [3.63, 3.8) is 0 Å². The number of benzene rings is 1. The molecule has 1 aromatic rings. The van der Waals surface area contributed by atoms with Gasteiger partial charge in [-0.25, -0.2) is 0 Å². The predicted molar refractivity (Wildman–Crippen MR) is 57.5 cm³/mol. The highest BCUT2D eigenvalue weighted by molar-refractivity contribution is 5.76. The fourth-order valence-corrected chi connectivity index (χ4v) is 1.09. The molecule has 0 atom stereocenters. The summed E-state index contributed by atoms with van der Waals surface area (Å²) in [6.45, 7) is 1.61. The maximum Gasteiger partial charge on any atom is 0.302 e. The lowest BCUT2D eigenvalue weighted by Gasteiger charge is -1.96. The summed E-state index contributed by atoms with van der Waals surface area (Å²) in [5.41, 5.74) is 1.54. The van der Waals surface area contributed by atoms with Crippen molar-refractivity contribution >= 4 is 18.3 Å². The zero-order valence-electron chi connectivity index (χ0n) is 8.47. The Morgan fingerprint density at radius 1 is 1.40 bits per heavy atom. The number of aldehydes is 1. The van der Waals surface area contributed by atoms with Crippen LogP contribution in [0.4, 0.5) is 0 Å². The lowest BCUT2D eigenvalue weighted by molar-refractivity contribution is -0.139. The first-order valence-corrected chi connectivity index (χ1v) is 4.57. The van der Waals surface area contributed by atoms with E-state index in [-0.39, 0.29) is 12.6 Å². The topological polar surface area (TPSA) is 43.4 Å². The average molecular weight is 204 g/mol. The molecule has 1 rings (SSSR count). The van der Waals surface area contributed by atoms with Crippen molar-refractivity contribution in [3.05, 3.63) is 41.5 Å². The normalized spacial score (nSPS) is 10.2. The van der Waals surface area contributed by atoms with Gasteiger partial charge in [0, 0.05) is 12.5 Å². The van der Waals surface area contributed by atoms with Crippen LogP contribution in [0.5, 0.6) is 0 Å². The Hall–Kier alpha value is -1.90. The lowest BCUT2D eigenvalue weighted by Crippen LogP contribution is -1.97. The highest BCUT2D eigenvalue weighted by Gasteiger charge is 1.91. The number of carbonyl (C=O) groups excluding carboxylic acids is 2. The van der Waals surface area contributed by atoms with Gasteiger partial charge in [-0.1, -0.05) is 24.3 Å². The first-order valence-electron chi connectivity index (χ1n) is 4.57. The van der Waals surface area contributed by atoms with Crippen LogP contribution in [0.3, 0.4) is 0 Å². The van der Waals surface area contributed by atoms with E-state index >= 15 is 0 Å². The molecule has 3 nitrogen and oxygen atoms in total. The van der Waals surface area contributed by atoms with Crippen molar-refractivity contribution in [1.82, 2.24) is 0 Å². The first kappa shape index (κ1) is 11.2. The molecular weight excluding hydrogens is 192 g/mol. The molecule has 0 saturated carbocycles. The molecule has 0 spiro atoms. The maximum atomic E-state index is 10.5. The summed E-state index contributed by atoms with van der Waals surface area (Å²) in [4.78, 5) is 20.9. The van der Waals surface area contributed by atoms with E-state index in [1.807, 2.05) is 6.07 Å². The summed E-state index contributed by atoms with van der Waals surface area (Å²) in [5, 5.41) is 0. The predicted octanol–water partition coefficient (Wildman–Crippen LogP) is 2.08. The Bertz CT molecular complexity index is 380. The molecule has 0 heterocycles. The minimum atomic E-state index is -0.304. The third kappa shape index (κ3) is 4.22. The summed E-state index contributed by atoms with van der Waals surface area (Å²) in [6.07, 6.45) is 4.32. The van der Waals surface area contributed by atoms with Crippen LogP contribution in [0.25, 0.3) is 6.08 Å². The van der Waals surface area contributed by atoms with E-state index in [0.717, 1.165) is 11.8 Å². The average Bonchev–Trinajstić information content (AvgIpc) is 2.24. The smallest absolute Gasteiger partial charge is 0.302 e. The molecule has 78 valence electrons. The van der Waals surface area contributed by atoms with Crippen molar-refractivity contribution < 1.29 is 14.3 Å². The van der Waals surface area contributed by atoms with Crippen molar-refractivity contribution in [1.29, 1.82) is 0 Å². The summed E-state index contributed by atoms with van der Waals surface area (Å²) >= 11 is 0. The molecule has 0 unspecified atom stereocenters. The van der Waals surface area contributed by atoms with Crippen LogP contribution in [-0.4, -0.2) is 18.9 Å². The fourth-order valence-electron chi connectivity index (χ4n) is 1.09. The van der Waals surface area contributed by atoms with Crippen molar-refractivity contribution in [2.24, 2.45) is 0 Å². The standard InChI is InChI=1S/C12H12O3/c1-10(14)15-7-3-6-11-4-2-5-12(8-11)9-13/h2-6,8-9H,7H2,1H3/b6-3+. The van der Waals surface area contributed by atoms with Crippen LogP contribution in [0.1, 0.15) is 22.8 Å². The van der Waals surface area contributed by atoms with Crippen LogP contribution in [0.15, 0.2) is 30.3 Å². The minimum absolute atomic E-state index is 0.251. The van der Waals surface area contributed by atoms with Crippen molar-refractivity contribution in [2.75, 3.05) is 6.61 Å². The third-order valence-corrected chi connectivity index (χ3v) is 1.74. The number of carbonyl (C=O) groups is 2. The molecule has 0 aliphatic rings. The van der Waals surface area contributed by atoms with Gasteiger partial charge in [0.25, 0.3) is 0 Å². The number of hydrogen-bond donors (Lipinski definition) is 0. The molecule has 0 amide bonds. The number of esters is 1. The highest BCUT2D eigenvalue weighted by atomic mass is 16.5. The molecule has 0 aromatic heterocycles. The molecule has 0 radical (unpaired) electrons. The molecule has 3 heteroatoms. The van der Waals surface area contributed by atoms with Gasteiger partial charge in [0.1, 0.15) is 12.9 Å². The van der Waals surface area contributed by atoms with Crippen LogP contribution < -0.4 is 0 Å². The Morgan fingerprint density at radius 2 is 2.13 bits per heavy atom. The summed E-state index contributed by atoms with van der Waals surface area (Å²) in [7, 11) is 0. The molecular formula is C12H12O3. The van der Waals surface area contributed by atoms with Gasteiger partial charge in [-0.15, -0.1) is 0 Å². The van der Waals surface area contributed by atoms with Crippen molar-refractivity contribution in [3.8, 4) is 0 Å². The van der Waals surface area contributed by atoms with Crippen LogP contribution in [-0.2, 0) is 9.53 Å². The first-order chi connectivity index (χ1) is 7.22. The molecule has 1 aromatic carbocycles.